The van der Waals surface area contributed by atoms with E-state index in [-0.39, 0.29) is 0 Å². The van der Waals surface area contributed by atoms with Crippen LogP contribution < -0.4 is 0 Å². The lowest BCUT2D eigenvalue weighted by molar-refractivity contribution is 0.171. The van der Waals surface area contributed by atoms with Crippen molar-refractivity contribution in [2.45, 2.75) is 83.5 Å². The molecule has 0 heterocycles. The Hall–Kier alpha value is -1.11. The SMILES string of the molecule is CCCCc1ccc(C2CCC(C3CCC(C=CF)CC3)CC2)cc1. The lowest BCUT2D eigenvalue weighted by Crippen LogP contribution is -2.25. The minimum Gasteiger partial charge on any atom is -0.216 e. The van der Waals surface area contributed by atoms with Crippen LogP contribution in [-0.2, 0) is 6.42 Å². The van der Waals surface area contributed by atoms with E-state index in [0.29, 0.717) is 5.92 Å². The topological polar surface area (TPSA) is 0 Å². The van der Waals surface area contributed by atoms with Crippen LogP contribution >= 0.6 is 0 Å². The third-order valence-electron chi connectivity index (χ3n) is 6.87. The van der Waals surface area contributed by atoms with Crippen LogP contribution in [0.1, 0.15) is 88.2 Å². The Bertz CT molecular complexity index is 514. The molecule has 0 spiro atoms. The summed E-state index contributed by atoms with van der Waals surface area (Å²) in [5.74, 6) is 3.11. The number of aryl methyl sites for hydroxylation is 1. The van der Waals surface area contributed by atoms with Gasteiger partial charge in [-0.1, -0.05) is 43.7 Å². The Balaban J connectivity index is 1.45. The average molecular weight is 343 g/mol. The van der Waals surface area contributed by atoms with Crippen molar-refractivity contribution >= 4 is 0 Å². The van der Waals surface area contributed by atoms with Gasteiger partial charge in [-0.05, 0) is 99.0 Å². The molecule has 25 heavy (non-hydrogen) atoms. The summed E-state index contributed by atoms with van der Waals surface area (Å²) in [6.07, 6.45) is 16.9. The number of hydrogen-bond acceptors (Lipinski definition) is 0. The molecule has 3 rings (SSSR count). The largest absolute Gasteiger partial charge is 0.216 e. The van der Waals surface area contributed by atoms with Gasteiger partial charge in [0.2, 0.25) is 0 Å². The third-order valence-corrected chi connectivity index (χ3v) is 6.87. The first-order chi connectivity index (χ1) is 12.3. The highest BCUT2D eigenvalue weighted by Crippen LogP contribution is 2.44. The van der Waals surface area contributed by atoms with Gasteiger partial charge in [0.1, 0.15) is 0 Å². The quantitative estimate of drug-likeness (QED) is 0.499. The van der Waals surface area contributed by atoms with Crippen molar-refractivity contribution in [3.63, 3.8) is 0 Å². The summed E-state index contributed by atoms with van der Waals surface area (Å²) >= 11 is 0. The fraction of sp³-hybridized carbons (Fsp3) is 0.667. The first kappa shape index (κ1) is 18.7. The fourth-order valence-corrected chi connectivity index (χ4v) is 5.17. The Morgan fingerprint density at radius 1 is 0.880 bits per heavy atom. The van der Waals surface area contributed by atoms with Crippen LogP contribution in [0.2, 0.25) is 0 Å². The van der Waals surface area contributed by atoms with E-state index in [9.17, 15) is 4.39 Å². The standard InChI is InChI=1S/C24H35F/c1-2-3-4-19-5-9-21(10-6-19)23-13-15-24(16-14-23)22-11-7-20(8-12-22)17-18-25/h5-6,9-10,17-18,20,22-24H,2-4,7-8,11-16H2,1H3. The van der Waals surface area contributed by atoms with Crippen molar-refractivity contribution in [3.8, 4) is 0 Å². The first-order valence-corrected chi connectivity index (χ1v) is 10.7. The van der Waals surface area contributed by atoms with Gasteiger partial charge in [-0.2, -0.15) is 0 Å². The maximum Gasteiger partial charge on any atom is 0.0829 e. The second-order valence-corrected chi connectivity index (χ2v) is 8.45. The van der Waals surface area contributed by atoms with Gasteiger partial charge in [0.25, 0.3) is 0 Å². The van der Waals surface area contributed by atoms with E-state index in [2.05, 4.69) is 31.2 Å². The summed E-state index contributed by atoms with van der Waals surface area (Å²) in [6, 6.07) is 9.50. The van der Waals surface area contributed by atoms with Crippen molar-refractivity contribution in [3.05, 3.63) is 47.8 Å². The van der Waals surface area contributed by atoms with Crippen molar-refractivity contribution in [1.29, 1.82) is 0 Å². The molecule has 0 atom stereocenters. The zero-order valence-electron chi connectivity index (χ0n) is 15.9. The molecule has 0 unspecified atom stereocenters. The van der Waals surface area contributed by atoms with Gasteiger partial charge in [0.15, 0.2) is 0 Å². The third kappa shape index (κ3) is 5.19. The molecule has 2 aliphatic rings. The zero-order valence-corrected chi connectivity index (χ0v) is 15.9. The van der Waals surface area contributed by atoms with Gasteiger partial charge in [-0.15, -0.1) is 0 Å². The number of hydrogen-bond donors (Lipinski definition) is 0. The fourth-order valence-electron chi connectivity index (χ4n) is 5.17. The molecule has 0 nitrogen and oxygen atoms in total. The minimum absolute atomic E-state index is 0.504. The molecule has 2 saturated carbocycles. The van der Waals surface area contributed by atoms with E-state index in [4.69, 9.17) is 0 Å². The lowest BCUT2D eigenvalue weighted by atomic mass is 9.68. The first-order valence-electron chi connectivity index (χ1n) is 10.7. The number of benzene rings is 1. The molecule has 0 radical (unpaired) electrons. The number of unbranched alkanes of at least 4 members (excludes halogenated alkanes) is 1. The zero-order chi connectivity index (χ0) is 17.5. The van der Waals surface area contributed by atoms with E-state index < -0.39 is 0 Å². The molecule has 1 aromatic carbocycles. The maximum atomic E-state index is 12.3. The molecule has 2 fully saturated rings. The van der Waals surface area contributed by atoms with Crippen LogP contribution in [0.25, 0.3) is 0 Å². The Kier molecular flexibility index (Phi) is 7.13. The molecule has 0 bridgehead atoms. The number of rotatable bonds is 6. The summed E-state index contributed by atoms with van der Waals surface area (Å²) in [5, 5.41) is 0. The van der Waals surface area contributed by atoms with E-state index in [1.807, 2.05) is 0 Å². The maximum absolute atomic E-state index is 12.3. The van der Waals surface area contributed by atoms with Crippen LogP contribution in [0.15, 0.2) is 36.7 Å². The predicted molar refractivity (Wildman–Crippen MR) is 105 cm³/mol. The van der Waals surface area contributed by atoms with Crippen LogP contribution in [0.4, 0.5) is 4.39 Å². The molecule has 138 valence electrons. The van der Waals surface area contributed by atoms with E-state index in [0.717, 1.165) is 24.1 Å². The molecule has 2 aliphatic carbocycles. The van der Waals surface area contributed by atoms with Crippen molar-refractivity contribution < 1.29 is 4.39 Å². The molecular weight excluding hydrogens is 307 g/mol. The normalized spacial score (nSPS) is 30.6. The van der Waals surface area contributed by atoms with Gasteiger partial charge < -0.3 is 0 Å². The van der Waals surface area contributed by atoms with Gasteiger partial charge in [0, 0.05) is 0 Å². The van der Waals surface area contributed by atoms with Crippen molar-refractivity contribution in [1.82, 2.24) is 0 Å². The highest BCUT2D eigenvalue weighted by molar-refractivity contribution is 5.26. The summed E-state index contributed by atoms with van der Waals surface area (Å²) < 4.78 is 12.3. The summed E-state index contributed by atoms with van der Waals surface area (Å²) in [4.78, 5) is 0. The molecule has 1 aromatic rings. The highest BCUT2D eigenvalue weighted by atomic mass is 19.1. The second kappa shape index (κ2) is 9.55. The van der Waals surface area contributed by atoms with E-state index in [1.165, 1.54) is 76.2 Å². The molecule has 0 aromatic heterocycles. The summed E-state index contributed by atoms with van der Waals surface area (Å²) in [5.41, 5.74) is 3.06. The molecule has 0 aliphatic heterocycles. The molecule has 0 amide bonds. The molecule has 1 heteroatoms. The average Bonchev–Trinajstić information content (AvgIpc) is 2.68. The molecule has 0 saturated heterocycles. The van der Waals surface area contributed by atoms with Crippen LogP contribution in [0, 0.1) is 17.8 Å². The summed E-state index contributed by atoms with van der Waals surface area (Å²) in [7, 11) is 0. The van der Waals surface area contributed by atoms with Gasteiger partial charge in [-0.3, -0.25) is 0 Å². The number of halogens is 1. The monoisotopic (exact) mass is 342 g/mol. The van der Waals surface area contributed by atoms with Crippen LogP contribution in [0.5, 0.6) is 0 Å². The van der Waals surface area contributed by atoms with Crippen molar-refractivity contribution in [2.24, 2.45) is 17.8 Å². The minimum atomic E-state index is 0.504. The van der Waals surface area contributed by atoms with Gasteiger partial charge in [0.05, 0.1) is 6.33 Å². The Morgan fingerprint density at radius 2 is 1.48 bits per heavy atom. The van der Waals surface area contributed by atoms with E-state index in [1.54, 1.807) is 11.6 Å². The number of allylic oxidation sites excluding steroid dienone is 1. The smallest absolute Gasteiger partial charge is 0.0829 e. The predicted octanol–water partition coefficient (Wildman–Crippen LogP) is 7.59. The van der Waals surface area contributed by atoms with E-state index >= 15 is 0 Å². The lowest BCUT2D eigenvalue weighted by Gasteiger charge is -2.37. The van der Waals surface area contributed by atoms with Crippen LogP contribution in [0.3, 0.4) is 0 Å². The molecular formula is C24H35F. The van der Waals surface area contributed by atoms with Crippen molar-refractivity contribution in [2.75, 3.05) is 0 Å². The molecule has 0 N–H and O–H groups in total. The van der Waals surface area contributed by atoms with Gasteiger partial charge in [-0.25, -0.2) is 4.39 Å². The second-order valence-electron chi connectivity index (χ2n) is 8.45. The van der Waals surface area contributed by atoms with Gasteiger partial charge >= 0.3 is 0 Å². The summed E-state index contributed by atoms with van der Waals surface area (Å²) in [6.45, 7) is 2.26. The highest BCUT2D eigenvalue weighted by Gasteiger charge is 2.30. The Labute approximate surface area is 153 Å². The Morgan fingerprint density at radius 3 is 2.04 bits per heavy atom. The van der Waals surface area contributed by atoms with Crippen LogP contribution in [-0.4, -0.2) is 0 Å².